The van der Waals surface area contributed by atoms with Gasteiger partial charge in [0.05, 0.1) is 5.69 Å². The highest BCUT2D eigenvalue weighted by Gasteiger charge is 2.31. The fourth-order valence-corrected chi connectivity index (χ4v) is 4.06. The van der Waals surface area contributed by atoms with Crippen molar-refractivity contribution in [3.63, 3.8) is 0 Å². The van der Waals surface area contributed by atoms with Gasteiger partial charge in [-0.25, -0.2) is 4.68 Å². The fourth-order valence-electron chi connectivity index (χ4n) is 4.06. The molecule has 2 heterocycles. The number of piperidine rings is 1. The van der Waals surface area contributed by atoms with Gasteiger partial charge < -0.3 is 10.0 Å². The minimum absolute atomic E-state index is 0.0298. The quantitative estimate of drug-likeness (QED) is 0.935. The van der Waals surface area contributed by atoms with Crippen molar-refractivity contribution in [1.82, 2.24) is 14.7 Å². The number of benzene rings is 1. The summed E-state index contributed by atoms with van der Waals surface area (Å²) in [5.41, 5.74) is 5.16. The molecule has 0 bridgehead atoms. The van der Waals surface area contributed by atoms with Crippen LogP contribution in [-0.4, -0.2) is 45.4 Å². The van der Waals surface area contributed by atoms with E-state index in [1.807, 2.05) is 9.58 Å². The molecule has 1 N–H and O–H groups in total. The van der Waals surface area contributed by atoms with Gasteiger partial charge in [0.2, 0.25) is 0 Å². The Morgan fingerprint density at radius 2 is 2.04 bits per heavy atom. The van der Waals surface area contributed by atoms with Crippen LogP contribution in [0.4, 0.5) is 0 Å². The Kier molecular flexibility index (Phi) is 4.34. The lowest BCUT2D eigenvalue weighted by molar-refractivity contribution is 0.0613. The second-order valence-corrected chi connectivity index (χ2v) is 7.32. The smallest absolute Gasteiger partial charge is 0.274 e. The van der Waals surface area contributed by atoms with Crippen molar-refractivity contribution < 1.29 is 9.90 Å². The minimum Gasteiger partial charge on any atom is -0.396 e. The molecule has 132 valence electrons. The first-order valence-electron chi connectivity index (χ1n) is 9.25. The van der Waals surface area contributed by atoms with Crippen LogP contribution >= 0.6 is 0 Å². The normalized spacial score (nSPS) is 19.9. The number of fused-ring (bicyclic) bond motifs is 1. The number of aliphatic hydroxyl groups excluding tert-OH is 1. The van der Waals surface area contributed by atoms with Crippen LogP contribution in [0.3, 0.4) is 0 Å². The molecule has 1 atom stereocenters. The first-order chi connectivity index (χ1) is 12.2. The predicted octanol–water partition coefficient (Wildman–Crippen LogP) is 2.51. The summed E-state index contributed by atoms with van der Waals surface area (Å²) >= 11 is 0. The summed E-state index contributed by atoms with van der Waals surface area (Å²) in [5, 5.41) is 14.2. The van der Waals surface area contributed by atoms with Crippen molar-refractivity contribution in [1.29, 1.82) is 0 Å². The predicted molar refractivity (Wildman–Crippen MR) is 96.0 cm³/mol. The van der Waals surface area contributed by atoms with Crippen molar-refractivity contribution in [3.05, 3.63) is 46.8 Å². The number of carbonyl (C=O) groups is 1. The van der Waals surface area contributed by atoms with Crippen LogP contribution in [0.5, 0.6) is 0 Å². The van der Waals surface area contributed by atoms with Crippen LogP contribution in [-0.2, 0) is 12.8 Å². The molecule has 5 heteroatoms. The Balaban J connectivity index is 1.67. The van der Waals surface area contributed by atoms with Gasteiger partial charge in [0.1, 0.15) is 0 Å². The number of amides is 1. The van der Waals surface area contributed by atoms with Gasteiger partial charge in [-0.1, -0.05) is 17.7 Å². The van der Waals surface area contributed by atoms with Crippen LogP contribution in [0.25, 0.3) is 5.69 Å². The average Bonchev–Trinajstić information content (AvgIpc) is 3.24. The summed E-state index contributed by atoms with van der Waals surface area (Å²) in [7, 11) is 0. The van der Waals surface area contributed by atoms with Gasteiger partial charge in [-0.2, -0.15) is 5.10 Å². The standard InChI is InChI=1S/C20H25N3O2/c1-14-7-9-16(10-8-14)23-18-6-2-5-17(18)19(21-23)20(25)22-11-3-4-15(12-22)13-24/h7-10,15,24H,2-6,11-13H2,1H3. The molecular formula is C20H25N3O2. The van der Waals surface area contributed by atoms with Crippen molar-refractivity contribution in [2.24, 2.45) is 5.92 Å². The molecule has 0 saturated carbocycles. The lowest BCUT2D eigenvalue weighted by Crippen LogP contribution is -2.41. The number of carbonyl (C=O) groups excluding carboxylic acids is 1. The molecule has 1 fully saturated rings. The molecular weight excluding hydrogens is 314 g/mol. The SMILES string of the molecule is Cc1ccc(-n2nc(C(=O)N3CCCC(CO)C3)c3c2CCC3)cc1. The Morgan fingerprint density at radius 3 is 2.80 bits per heavy atom. The van der Waals surface area contributed by atoms with Crippen LogP contribution in [0.2, 0.25) is 0 Å². The van der Waals surface area contributed by atoms with Gasteiger partial charge in [-0.15, -0.1) is 0 Å². The zero-order valence-corrected chi connectivity index (χ0v) is 14.7. The van der Waals surface area contributed by atoms with E-state index in [0.717, 1.165) is 49.9 Å². The maximum atomic E-state index is 13.1. The number of hydrogen-bond acceptors (Lipinski definition) is 3. The second kappa shape index (κ2) is 6.64. The first-order valence-corrected chi connectivity index (χ1v) is 9.25. The second-order valence-electron chi connectivity index (χ2n) is 7.32. The molecule has 1 aromatic heterocycles. The van der Waals surface area contributed by atoms with E-state index in [-0.39, 0.29) is 18.4 Å². The van der Waals surface area contributed by atoms with E-state index in [9.17, 15) is 9.90 Å². The molecule has 1 unspecified atom stereocenters. The third-order valence-corrected chi connectivity index (χ3v) is 5.48. The topological polar surface area (TPSA) is 58.4 Å². The van der Waals surface area contributed by atoms with Gasteiger partial charge in [-0.3, -0.25) is 4.79 Å². The average molecular weight is 339 g/mol. The number of likely N-dealkylation sites (tertiary alicyclic amines) is 1. The molecule has 2 aromatic rings. The van der Waals surface area contributed by atoms with Gasteiger partial charge in [-0.05, 0) is 57.1 Å². The molecule has 0 radical (unpaired) electrons. The van der Waals surface area contributed by atoms with E-state index in [2.05, 4.69) is 31.2 Å². The molecule has 25 heavy (non-hydrogen) atoms. The monoisotopic (exact) mass is 339 g/mol. The summed E-state index contributed by atoms with van der Waals surface area (Å²) in [6.07, 6.45) is 4.94. The zero-order valence-electron chi connectivity index (χ0n) is 14.7. The van der Waals surface area contributed by atoms with Crippen molar-refractivity contribution in [2.75, 3.05) is 19.7 Å². The van der Waals surface area contributed by atoms with Gasteiger partial charge in [0.25, 0.3) is 5.91 Å². The number of aliphatic hydroxyl groups is 1. The maximum Gasteiger partial charge on any atom is 0.274 e. The summed E-state index contributed by atoms with van der Waals surface area (Å²) in [5.74, 6) is 0.229. The van der Waals surface area contributed by atoms with Crippen LogP contribution < -0.4 is 0 Å². The number of nitrogens with zero attached hydrogens (tertiary/aromatic N) is 3. The molecule has 1 saturated heterocycles. The number of rotatable bonds is 3. The van der Waals surface area contributed by atoms with E-state index in [1.165, 1.54) is 11.3 Å². The van der Waals surface area contributed by atoms with Gasteiger partial charge in [0.15, 0.2) is 5.69 Å². The molecule has 2 aliphatic rings. The Hall–Kier alpha value is -2.14. The van der Waals surface area contributed by atoms with Crippen molar-refractivity contribution in [3.8, 4) is 5.69 Å². The summed E-state index contributed by atoms with van der Waals surface area (Å²) < 4.78 is 1.96. The van der Waals surface area contributed by atoms with E-state index in [0.29, 0.717) is 12.2 Å². The van der Waals surface area contributed by atoms with E-state index < -0.39 is 0 Å². The summed E-state index contributed by atoms with van der Waals surface area (Å²) in [4.78, 5) is 15.0. The van der Waals surface area contributed by atoms with Crippen LogP contribution in [0.15, 0.2) is 24.3 Å². The summed E-state index contributed by atoms with van der Waals surface area (Å²) in [6, 6.07) is 8.29. The summed E-state index contributed by atoms with van der Waals surface area (Å²) in [6.45, 7) is 3.63. The van der Waals surface area contributed by atoms with E-state index in [4.69, 9.17) is 5.10 Å². The van der Waals surface area contributed by atoms with E-state index >= 15 is 0 Å². The number of aryl methyl sites for hydroxylation is 1. The van der Waals surface area contributed by atoms with Crippen LogP contribution in [0.1, 0.15) is 46.6 Å². The van der Waals surface area contributed by atoms with Gasteiger partial charge in [0, 0.05) is 31.0 Å². The highest BCUT2D eigenvalue weighted by molar-refractivity contribution is 5.94. The molecule has 1 aliphatic heterocycles. The Morgan fingerprint density at radius 1 is 1.24 bits per heavy atom. The molecule has 1 aromatic carbocycles. The fraction of sp³-hybridized carbons (Fsp3) is 0.500. The highest BCUT2D eigenvalue weighted by atomic mass is 16.3. The lowest BCUT2D eigenvalue weighted by Gasteiger charge is -2.31. The zero-order chi connectivity index (χ0) is 17.4. The number of aromatic nitrogens is 2. The molecule has 5 nitrogen and oxygen atoms in total. The third-order valence-electron chi connectivity index (χ3n) is 5.48. The molecule has 4 rings (SSSR count). The number of hydrogen-bond donors (Lipinski definition) is 1. The molecule has 0 spiro atoms. The molecule has 1 aliphatic carbocycles. The van der Waals surface area contributed by atoms with E-state index in [1.54, 1.807) is 0 Å². The Bertz CT molecular complexity index is 779. The van der Waals surface area contributed by atoms with Crippen LogP contribution in [0, 0.1) is 12.8 Å². The minimum atomic E-state index is 0.0298. The largest absolute Gasteiger partial charge is 0.396 e. The third kappa shape index (κ3) is 2.97. The van der Waals surface area contributed by atoms with Crippen molar-refractivity contribution >= 4 is 5.91 Å². The lowest BCUT2D eigenvalue weighted by atomic mass is 9.98. The van der Waals surface area contributed by atoms with Gasteiger partial charge >= 0.3 is 0 Å². The Labute approximate surface area is 148 Å². The first kappa shape index (κ1) is 16.3. The maximum absolute atomic E-state index is 13.1. The van der Waals surface area contributed by atoms with Crippen molar-refractivity contribution in [2.45, 2.75) is 39.0 Å². The molecule has 1 amide bonds. The highest BCUT2D eigenvalue weighted by Crippen LogP contribution is 2.29.